The van der Waals surface area contributed by atoms with E-state index in [0.717, 1.165) is 19.3 Å². The van der Waals surface area contributed by atoms with Gasteiger partial charge in [0, 0.05) is 19.4 Å². The molecule has 0 aromatic rings. The molecule has 4 nitrogen and oxygen atoms in total. The van der Waals surface area contributed by atoms with Gasteiger partial charge in [-0.25, -0.2) is 0 Å². The van der Waals surface area contributed by atoms with Gasteiger partial charge in [0.05, 0.1) is 0 Å². The first-order chi connectivity index (χ1) is 8.47. The Morgan fingerprint density at radius 2 is 1.83 bits per heavy atom. The SMILES string of the molecule is CCC(CC(=O)NCCCCCC(=O)O)C(C)C. The molecule has 0 spiro atoms. The highest BCUT2D eigenvalue weighted by atomic mass is 16.4. The highest BCUT2D eigenvalue weighted by Crippen LogP contribution is 2.18. The maximum Gasteiger partial charge on any atom is 0.303 e. The second-order valence-corrected chi connectivity index (χ2v) is 5.17. The number of hydrogen-bond acceptors (Lipinski definition) is 2. The third kappa shape index (κ3) is 9.02. The van der Waals surface area contributed by atoms with E-state index >= 15 is 0 Å². The molecule has 0 aromatic carbocycles. The number of hydrogen-bond donors (Lipinski definition) is 2. The van der Waals surface area contributed by atoms with Crippen LogP contribution in [-0.4, -0.2) is 23.5 Å². The fourth-order valence-electron chi connectivity index (χ4n) is 1.97. The Labute approximate surface area is 110 Å². The summed E-state index contributed by atoms with van der Waals surface area (Å²) in [5.74, 6) is 0.365. The molecule has 106 valence electrons. The number of carboxylic acids is 1. The highest BCUT2D eigenvalue weighted by Gasteiger charge is 2.14. The number of rotatable bonds is 10. The monoisotopic (exact) mass is 257 g/mol. The van der Waals surface area contributed by atoms with Gasteiger partial charge in [0.1, 0.15) is 0 Å². The molecule has 2 N–H and O–H groups in total. The van der Waals surface area contributed by atoms with Crippen molar-refractivity contribution in [2.75, 3.05) is 6.54 Å². The summed E-state index contributed by atoms with van der Waals surface area (Å²) in [6.07, 6.45) is 4.26. The van der Waals surface area contributed by atoms with E-state index < -0.39 is 5.97 Å². The maximum atomic E-state index is 11.7. The number of nitrogens with one attached hydrogen (secondary N) is 1. The minimum absolute atomic E-state index is 0.119. The summed E-state index contributed by atoms with van der Waals surface area (Å²) in [5.41, 5.74) is 0. The average Bonchev–Trinajstić information content (AvgIpc) is 2.29. The van der Waals surface area contributed by atoms with E-state index in [1.165, 1.54) is 0 Å². The van der Waals surface area contributed by atoms with Gasteiger partial charge in [0.15, 0.2) is 0 Å². The molecule has 0 aliphatic rings. The third-order valence-corrected chi connectivity index (χ3v) is 3.30. The Bertz CT molecular complexity index is 251. The van der Waals surface area contributed by atoms with Gasteiger partial charge >= 0.3 is 5.97 Å². The zero-order valence-electron chi connectivity index (χ0n) is 11.9. The number of unbranched alkanes of at least 4 members (excludes halogenated alkanes) is 2. The van der Waals surface area contributed by atoms with E-state index in [1.807, 2.05) is 0 Å². The molecule has 0 aliphatic heterocycles. The lowest BCUT2D eigenvalue weighted by molar-refractivity contribution is -0.137. The number of amides is 1. The molecule has 0 aromatic heterocycles. The molecule has 0 radical (unpaired) electrons. The predicted octanol–water partition coefficient (Wildman–Crippen LogP) is 2.82. The van der Waals surface area contributed by atoms with Crippen molar-refractivity contribution in [3.63, 3.8) is 0 Å². The number of carbonyl (C=O) groups is 2. The smallest absolute Gasteiger partial charge is 0.303 e. The second-order valence-electron chi connectivity index (χ2n) is 5.17. The fraction of sp³-hybridized carbons (Fsp3) is 0.857. The zero-order valence-corrected chi connectivity index (χ0v) is 11.9. The molecule has 1 amide bonds. The van der Waals surface area contributed by atoms with Crippen LogP contribution in [0.4, 0.5) is 0 Å². The van der Waals surface area contributed by atoms with Crippen molar-refractivity contribution in [3.8, 4) is 0 Å². The second kappa shape index (κ2) is 9.92. The van der Waals surface area contributed by atoms with Crippen molar-refractivity contribution in [3.05, 3.63) is 0 Å². The molecule has 0 fully saturated rings. The molecular formula is C14H27NO3. The van der Waals surface area contributed by atoms with Crippen LogP contribution in [0, 0.1) is 11.8 Å². The lowest BCUT2D eigenvalue weighted by atomic mass is 9.90. The van der Waals surface area contributed by atoms with Gasteiger partial charge in [0.25, 0.3) is 0 Å². The van der Waals surface area contributed by atoms with Crippen LogP contribution in [-0.2, 0) is 9.59 Å². The van der Waals surface area contributed by atoms with E-state index in [0.29, 0.717) is 31.2 Å². The van der Waals surface area contributed by atoms with E-state index in [1.54, 1.807) is 0 Å². The van der Waals surface area contributed by atoms with Gasteiger partial charge in [0.2, 0.25) is 5.91 Å². The molecule has 0 heterocycles. The number of aliphatic carboxylic acids is 1. The van der Waals surface area contributed by atoms with Gasteiger partial charge in [-0.1, -0.05) is 33.6 Å². The third-order valence-electron chi connectivity index (χ3n) is 3.30. The largest absolute Gasteiger partial charge is 0.481 e. The van der Waals surface area contributed by atoms with Crippen LogP contribution in [0.15, 0.2) is 0 Å². The lowest BCUT2D eigenvalue weighted by Gasteiger charge is -2.18. The Hall–Kier alpha value is -1.06. The summed E-state index contributed by atoms with van der Waals surface area (Å²) in [6, 6.07) is 0. The van der Waals surface area contributed by atoms with Gasteiger partial charge in [-0.2, -0.15) is 0 Å². The predicted molar refractivity (Wildman–Crippen MR) is 72.3 cm³/mol. The Morgan fingerprint density at radius 3 is 2.33 bits per heavy atom. The molecular weight excluding hydrogens is 230 g/mol. The Morgan fingerprint density at radius 1 is 1.17 bits per heavy atom. The van der Waals surface area contributed by atoms with Gasteiger partial charge < -0.3 is 10.4 Å². The van der Waals surface area contributed by atoms with Crippen molar-refractivity contribution < 1.29 is 14.7 Å². The maximum absolute atomic E-state index is 11.7. The average molecular weight is 257 g/mol. The fourth-order valence-corrected chi connectivity index (χ4v) is 1.97. The van der Waals surface area contributed by atoms with Crippen molar-refractivity contribution in [2.45, 2.75) is 59.3 Å². The normalized spacial score (nSPS) is 12.4. The minimum Gasteiger partial charge on any atom is -0.481 e. The van der Waals surface area contributed by atoms with Crippen LogP contribution in [0.3, 0.4) is 0 Å². The standard InChI is InChI=1S/C14H27NO3/c1-4-12(11(2)3)10-13(16)15-9-7-5-6-8-14(17)18/h11-12H,4-10H2,1-3H3,(H,15,16)(H,17,18). The Kier molecular flexibility index (Phi) is 9.33. The summed E-state index contributed by atoms with van der Waals surface area (Å²) in [4.78, 5) is 21.9. The number of carboxylic acid groups (broad SMARTS) is 1. The Balaban J connectivity index is 3.56. The van der Waals surface area contributed by atoms with Crippen molar-refractivity contribution in [2.24, 2.45) is 11.8 Å². The molecule has 18 heavy (non-hydrogen) atoms. The van der Waals surface area contributed by atoms with Crippen LogP contribution in [0.5, 0.6) is 0 Å². The molecule has 1 unspecified atom stereocenters. The van der Waals surface area contributed by atoms with Gasteiger partial charge in [-0.15, -0.1) is 0 Å². The molecule has 0 saturated heterocycles. The summed E-state index contributed by atoms with van der Waals surface area (Å²) >= 11 is 0. The first kappa shape index (κ1) is 16.9. The van der Waals surface area contributed by atoms with E-state index in [2.05, 4.69) is 26.1 Å². The molecule has 1 atom stereocenters. The summed E-state index contributed by atoms with van der Waals surface area (Å²) in [6.45, 7) is 7.07. The van der Waals surface area contributed by atoms with Gasteiger partial charge in [-0.3, -0.25) is 9.59 Å². The molecule has 0 rings (SSSR count). The van der Waals surface area contributed by atoms with E-state index in [-0.39, 0.29) is 12.3 Å². The van der Waals surface area contributed by atoms with E-state index in [4.69, 9.17) is 5.11 Å². The van der Waals surface area contributed by atoms with Crippen LogP contribution >= 0.6 is 0 Å². The minimum atomic E-state index is -0.748. The molecule has 0 aliphatic carbocycles. The topological polar surface area (TPSA) is 66.4 Å². The molecule has 0 saturated carbocycles. The van der Waals surface area contributed by atoms with Crippen LogP contribution in [0.1, 0.15) is 59.3 Å². The first-order valence-electron chi connectivity index (χ1n) is 6.95. The lowest BCUT2D eigenvalue weighted by Crippen LogP contribution is -2.27. The summed E-state index contributed by atoms with van der Waals surface area (Å²) in [7, 11) is 0. The summed E-state index contributed by atoms with van der Waals surface area (Å²) < 4.78 is 0. The van der Waals surface area contributed by atoms with Crippen molar-refractivity contribution in [1.29, 1.82) is 0 Å². The number of carbonyl (C=O) groups excluding carboxylic acids is 1. The first-order valence-corrected chi connectivity index (χ1v) is 6.95. The van der Waals surface area contributed by atoms with Crippen LogP contribution in [0.2, 0.25) is 0 Å². The van der Waals surface area contributed by atoms with E-state index in [9.17, 15) is 9.59 Å². The van der Waals surface area contributed by atoms with Crippen LogP contribution in [0.25, 0.3) is 0 Å². The van der Waals surface area contributed by atoms with Gasteiger partial charge in [-0.05, 0) is 24.7 Å². The zero-order chi connectivity index (χ0) is 14.0. The van der Waals surface area contributed by atoms with Crippen molar-refractivity contribution in [1.82, 2.24) is 5.32 Å². The molecule has 4 heteroatoms. The summed E-state index contributed by atoms with van der Waals surface area (Å²) in [5, 5.41) is 11.4. The van der Waals surface area contributed by atoms with Crippen LogP contribution < -0.4 is 5.32 Å². The van der Waals surface area contributed by atoms with Crippen molar-refractivity contribution >= 4 is 11.9 Å². The highest BCUT2D eigenvalue weighted by molar-refractivity contribution is 5.76. The molecule has 0 bridgehead atoms. The quantitative estimate of drug-likeness (QED) is 0.591.